The Balaban J connectivity index is 1.58. The van der Waals surface area contributed by atoms with Crippen LogP contribution in [0, 0.1) is 12.7 Å². The molecule has 5 aromatic rings. The predicted octanol–water partition coefficient (Wildman–Crippen LogP) is 2.33. The van der Waals surface area contributed by atoms with E-state index < -0.39 is 23.8 Å². The Morgan fingerprint density at radius 1 is 1.06 bits per heavy atom. The van der Waals surface area contributed by atoms with Gasteiger partial charge in [0.05, 0.1) is 0 Å². The van der Waals surface area contributed by atoms with Crippen molar-refractivity contribution in [3.63, 3.8) is 0 Å². The summed E-state index contributed by atoms with van der Waals surface area (Å²) in [6.07, 6.45) is 1.71. The summed E-state index contributed by atoms with van der Waals surface area (Å²) in [5, 5.41) is 0. The standard InChI is InChI=1S/C24H20FN5O4/c1-15-12-28-20-21(26-23(28)30(15)18-10-8-17(25)9-11-18)27(2)24(33)29(22(20)32)13-19(31)34-14-16-6-4-3-5-7-16/h3-12H,13-14H2,1-2H3. The van der Waals surface area contributed by atoms with E-state index in [0.29, 0.717) is 11.5 Å². The maximum atomic E-state index is 13.4. The minimum Gasteiger partial charge on any atom is -0.459 e. The Labute approximate surface area is 191 Å². The summed E-state index contributed by atoms with van der Waals surface area (Å²) >= 11 is 0. The average molecular weight is 461 g/mol. The van der Waals surface area contributed by atoms with Crippen molar-refractivity contribution in [2.45, 2.75) is 20.1 Å². The van der Waals surface area contributed by atoms with E-state index in [1.165, 1.54) is 23.7 Å². The Morgan fingerprint density at radius 3 is 2.47 bits per heavy atom. The number of imidazole rings is 2. The van der Waals surface area contributed by atoms with Gasteiger partial charge in [0.15, 0.2) is 11.2 Å². The second-order valence-electron chi connectivity index (χ2n) is 7.92. The minimum atomic E-state index is -0.705. The molecule has 0 amide bonds. The zero-order valence-electron chi connectivity index (χ0n) is 18.4. The molecule has 0 aliphatic rings. The molecule has 0 fully saturated rings. The molecule has 0 radical (unpaired) electrons. The molecule has 3 aromatic heterocycles. The third-order valence-corrected chi connectivity index (χ3v) is 5.64. The van der Waals surface area contributed by atoms with E-state index in [9.17, 15) is 18.8 Å². The van der Waals surface area contributed by atoms with Gasteiger partial charge in [-0.3, -0.25) is 23.1 Å². The monoisotopic (exact) mass is 461 g/mol. The zero-order valence-corrected chi connectivity index (χ0v) is 18.4. The summed E-state index contributed by atoms with van der Waals surface area (Å²) in [5.41, 5.74) is 1.18. The van der Waals surface area contributed by atoms with Gasteiger partial charge in [-0.25, -0.2) is 13.8 Å². The molecule has 0 N–H and O–H groups in total. The molecule has 0 atom stereocenters. The summed E-state index contributed by atoms with van der Waals surface area (Å²) in [6.45, 7) is 1.33. The number of nitrogens with zero attached hydrogens (tertiary/aromatic N) is 5. The quantitative estimate of drug-likeness (QED) is 0.375. The number of halogens is 1. The number of carbonyl (C=O) groups is 1. The van der Waals surface area contributed by atoms with Crippen molar-refractivity contribution < 1.29 is 13.9 Å². The first kappa shape index (κ1) is 21.4. The Bertz CT molecular complexity index is 1660. The molecule has 5 rings (SSSR count). The van der Waals surface area contributed by atoms with E-state index in [4.69, 9.17) is 4.74 Å². The number of ether oxygens (including phenoxy) is 1. The fourth-order valence-corrected chi connectivity index (χ4v) is 3.97. The van der Waals surface area contributed by atoms with Crippen LogP contribution in [0.25, 0.3) is 22.6 Å². The lowest BCUT2D eigenvalue weighted by Crippen LogP contribution is -2.41. The van der Waals surface area contributed by atoms with Gasteiger partial charge in [-0.1, -0.05) is 30.3 Å². The zero-order chi connectivity index (χ0) is 24.0. The summed E-state index contributed by atoms with van der Waals surface area (Å²) in [5.74, 6) is -0.693. The number of esters is 1. The third-order valence-electron chi connectivity index (χ3n) is 5.64. The highest BCUT2D eigenvalue weighted by atomic mass is 19.1. The highest BCUT2D eigenvalue weighted by molar-refractivity contribution is 5.77. The molecule has 0 bridgehead atoms. The van der Waals surface area contributed by atoms with Crippen molar-refractivity contribution in [2.24, 2.45) is 7.05 Å². The molecule has 0 spiro atoms. The molecule has 0 aliphatic heterocycles. The van der Waals surface area contributed by atoms with Crippen molar-refractivity contribution in [3.8, 4) is 5.69 Å². The lowest BCUT2D eigenvalue weighted by Gasteiger charge is -2.08. The van der Waals surface area contributed by atoms with Crippen molar-refractivity contribution in [1.82, 2.24) is 23.1 Å². The van der Waals surface area contributed by atoms with Gasteiger partial charge in [0.1, 0.15) is 19.0 Å². The van der Waals surface area contributed by atoms with E-state index in [1.54, 1.807) is 27.3 Å². The van der Waals surface area contributed by atoms with Crippen LogP contribution < -0.4 is 11.2 Å². The molecule has 9 nitrogen and oxygen atoms in total. The fraction of sp³-hybridized carbons (Fsp3) is 0.167. The molecule has 0 aliphatic carbocycles. The van der Waals surface area contributed by atoms with Crippen LogP contribution in [0.5, 0.6) is 0 Å². The van der Waals surface area contributed by atoms with Crippen LogP contribution in [0.1, 0.15) is 11.3 Å². The molecule has 0 unspecified atom stereocenters. The Hall–Kier alpha value is -4.47. The third kappa shape index (κ3) is 3.49. The van der Waals surface area contributed by atoms with Gasteiger partial charge in [0.25, 0.3) is 5.56 Å². The molecule has 0 saturated heterocycles. The SMILES string of the molecule is Cc1cn2c3c(=O)n(CC(=O)OCc4ccccc4)c(=O)n(C)c3nc2n1-c1ccc(F)cc1. The molecular weight excluding hydrogens is 441 g/mol. The van der Waals surface area contributed by atoms with Crippen molar-refractivity contribution >= 4 is 22.9 Å². The average Bonchev–Trinajstić information content (AvgIpc) is 3.35. The number of aromatic nitrogens is 5. The van der Waals surface area contributed by atoms with E-state index in [1.807, 2.05) is 37.3 Å². The van der Waals surface area contributed by atoms with Gasteiger partial charge in [-0.05, 0) is 36.8 Å². The Morgan fingerprint density at radius 2 is 1.76 bits per heavy atom. The Kier molecular flexibility index (Phi) is 5.12. The van der Waals surface area contributed by atoms with Crippen LogP contribution in [-0.4, -0.2) is 29.1 Å². The molecule has 34 heavy (non-hydrogen) atoms. The molecular formula is C24H20FN5O4. The lowest BCUT2D eigenvalue weighted by molar-refractivity contribution is -0.145. The van der Waals surface area contributed by atoms with Crippen LogP contribution in [0.4, 0.5) is 4.39 Å². The number of hydrogen-bond donors (Lipinski definition) is 0. The highest BCUT2D eigenvalue weighted by Gasteiger charge is 2.22. The van der Waals surface area contributed by atoms with Crippen molar-refractivity contribution in [2.75, 3.05) is 0 Å². The normalized spacial score (nSPS) is 11.4. The van der Waals surface area contributed by atoms with E-state index >= 15 is 0 Å². The fourth-order valence-electron chi connectivity index (χ4n) is 3.97. The van der Waals surface area contributed by atoms with Crippen LogP contribution in [0.3, 0.4) is 0 Å². The summed E-state index contributed by atoms with van der Waals surface area (Å²) in [7, 11) is 1.48. The summed E-state index contributed by atoms with van der Waals surface area (Å²) < 4.78 is 24.0. The molecule has 2 aromatic carbocycles. The lowest BCUT2D eigenvalue weighted by atomic mass is 10.2. The minimum absolute atomic E-state index is 0.0353. The number of fused-ring (bicyclic) bond motifs is 3. The molecule has 3 heterocycles. The second-order valence-corrected chi connectivity index (χ2v) is 7.92. The van der Waals surface area contributed by atoms with Gasteiger partial charge in [0.2, 0.25) is 5.78 Å². The topological polar surface area (TPSA) is 92.5 Å². The van der Waals surface area contributed by atoms with Crippen LogP contribution in [-0.2, 0) is 29.7 Å². The number of rotatable bonds is 5. The van der Waals surface area contributed by atoms with Gasteiger partial charge >= 0.3 is 11.7 Å². The number of aryl methyl sites for hydroxylation is 2. The van der Waals surface area contributed by atoms with Crippen LogP contribution in [0.15, 0.2) is 70.4 Å². The second kappa shape index (κ2) is 8.14. The van der Waals surface area contributed by atoms with Gasteiger partial charge < -0.3 is 4.74 Å². The molecule has 0 saturated carbocycles. The van der Waals surface area contributed by atoms with Gasteiger partial charge in [-0.2, -0.15) is 4.98 Å². The van der Waals surface area contributed by atoms with E-state index in [-0.39, 0.29) is 23.6 Å². The number of benzene rings is 2. The van der Waals surface area contributed by atoms with Crippen molar-refractivity contribution in [1.29, 1.82) is 0 Å². The maximum absolute atomic E-state index is 13.4. The molecule has 172 valence electrons. The van der Waals surface area contributed by atoms with Crippen LogP contribution >= 0.6 is 0 Å². The first-order valence-corrected chi connectivity index (χ1v) is 10.5. The highest BCUT2D eigenvalue weighted by Crippen LogP contribution is 2.21. The first-order chi connectivity index (χ1) is 16.3. The van der Waals surface area contributed by atoms with E-state index in [2.05, 4.69) is 4.98 Å². The van der Waals surface area contributed by atoms with Gasteiger partial charge in [-0.15, -0.1) is 0 Å². The first-order valence-electron chi connectivity index (χ1n) is 10.5. The van der Waals surface area contributed by atoms with Crippen LogP contribution in [0.2, 0.25) is 0 Å². The number of hydrogen-bond acceptors (Lipinski definition) is 5. The van der Waals surface area contributed by atoms with Crippen molar-refractivity contribution in [3.05, 3.63) is 98.7 Å². The summed E-state index contributed by atoms with van der Waals surface area (Å²) in [4.78, 5) is 43.1. The smallest absolute Gasteiger partial charge is 0.333 e. The number of carbonyl (C=O) groups excluding carboxylic acids is 1. The molecule has 10 heteroatoms. The predicted molar refractivity (Wildman–Crippen MR) is 122 cm³/mol. The van der Waals surface area contributed by atoms with E-state index in [0.717, 1.165) is 15.8 Å². The van der Waals surface area contributed by atoms with Gasteiger partial charge in [0, 0.05) is 24.6 Å². The largest absolute Gasteiger partial charge is 0.459 e. The summed E-state index contributed by atoms with van der Waals surface area (Å²) in [6, 6.07) is 15.0. The maximum Gasteiger partial charge on any atom is 0.333 e.